The first-order chi connectivity index (χ1) is 12.0. The number of aromatic nitrogens is 2. The van der Waals surface area contributed by atoms with E-state index in [1.165, 1.54) is 17.8 Å². The van der Waals surface area contributed by atoms with Crippen molar-refractivity contribution in [3.05, 3.63) is 70.8 Å². The third kappa shape index (κ3) is 3.92. The van der Waals surface area contributed by atoms with Crippen LogP contribution in [0.4, 0.5) is 0 Å². The molecule has 0 aliphatic carbocycles. The number of ketones is 1. The third-order valence-electron chi connectivity index (χ3n) is 3.82. The first-order valence-electron chi connectivity index (χ1n) is 7.90. The summed E-state index contributed by atoms with van der Waals surface area (Å²) in [5, 5.41) is 10.7. The van der Waals surface area contributed by atoms with Gasteiger partial charge in [0.2, 0.25) is 0 Å². The van der Waals surface area contributed by atoms with E-state index < -0.39 is 6.10 Å². The molecule has 6 heteroatoms. The van der Waals surface area contributed by atoms with Gasteiger partial charge in [0.05, 0.1) is 23.8 Å². The first kappa shape index (κ1) is 16.9. The van der Waals surface area contributed by atoms with Crippen LogP contribution in [-0.4, -0.2) is 33.2 Å². The van der Waals surface area contributed by atoms with Crippen molar-refractivity contribution in [3.8, 4) is 5.75 Å². The number of rotatable bonds is 6. The van der Waals surface area contributed by atoms with Gasteiger partial charge in [-0.1, -0.05) is 24.3 Å². The van der Waals surface area contributed by atoms with Crippen molar-refractivity contribution in [2.75, 3.05) is 6.61 Å². The topological polar surface area (TPSA) is 81.4 Å². The van der Waals surface area contributed by atoms with E-state index in [2.05, 4.69) is 4.98 Å². The van der Waals surface area contributed by atoms with E-state index in [1.54, 1.807) is 42.5 Å². The van der Waals surface area contributed by atoms with E-state index in [1.807, 2.05) is 6.07 Å². The minimum absolute atomic E-state index is 0.000620. The van der Waals surface area contributed by atoms with Gasteiger partial charge >= 0.3 is 0 Å². The standard InChI is InChI=1S/C19H18N2O4/c1-13(22)14-5-4-6-16(9-14)25-11-15(23)10-21-12-20-18-8-3-2-7-17(18)19(21)24/h2-9,12,15,23H,10-11H2,1H3. The highest BCUT2D eigenvalue weighted by Crippen LogP contribution is 2.14. The lowest BCUT2D eigenvalue weighted by Crippen LogP contribution is -2.30. The van der Waals surface area contributed by atoms with Gasteiger partial charge in [0.25, 0.3) is 5.56 Å². The van der Waals surface area contributed by atoms with Gasteiger partial charge in [-0.2, -0.15) is 0 Å². The summed E-state index contributed by atoms with van der Waals surface area (Å²) < 4.78 is 6.88. The van der Waals surface area contributed by atoms with Crippen LogP contribution in [0.1, 0.15) is 17.3 Å². The number of hydrogen-bond acceptors (Lipinski definition) is 5. The van der Waals surface area contributed by atoms with Gasteiger partial charge in [-0.15, -0.1) is 0 Å². The molecule has 1 unspecified atom stereocenters. The average Bonchev–Trinajstić information content (AvgIpc) is 2.63. The van der Waals surface area contributed by atoms with E-state index in [0.29, 0.717) is 22.2 Å². The van der Waals surface area contributed by atoms with Crippen molar-refractivity contribution in [2.24, 2.45) is 0 Å². The summed E-state index contributed by atoms with van der Waals surface area (Å²) in [6.45, 7) is 1.55. The maximum Gasteiger partial charge on any atom is 0.261 e. The lowest BCUT2D eigenvalue weighted by atomic mass is 10.1. The Labute approximate surface area is 144 Å². The molecular formula is C19H18N2O4. The lowest BCUT2D eigenvalue weighted by Gasteiger charge is -2.14. The van der Waals surface area contributed by atoms with Crippen LogP contribution < -0.4 is 10.3 Å². The SMILES string of the molecule is CC(=O)c1cccc(OCC(O)Cn2cnc3ccccc3c2=O)c1. The summed E-state index contributed by atoms with van der Waals surface area (Å²) >= 11 is 0. The van der Waals surface area contributed by atoms with Crippen LogP contribution >= 0.6 is 0 Å². The van der Waals surface area contributed by atoms with Crippen molar-refractivity contribution in [1.29, 1.82) is 0 Å². The maximum absolute atomic E-state index is 12.4. The second-order valence-electron chi connectivity index (χ2n) is 5.77. The van der Waals surface area contributed by atoms with Crippen LogP contribution in [0.3, 0.4) is 0 Å². The van der Waals surface area contributed by atoms with E-state index >= 15 is 0 Å². The van der Waals surface area contributed by atoms with E-state index in [9.17, 15) is 14.7 Å². The Morgan fingerprint density at radius 1 is 1.24 bits per heavy atom. The normalized spacial score (nSPS) is 12.1. The quantitative estimate of drug-likeness (QED) is 0.696. The number of fused-ring (bicyclic) bond motifs is 1. The average molecular weight is 338 g/mol. The van der Waals surface area contributed by atoms with Crippen LogP contribution in [0, 0.1) is 0 Å². The number of ether oxygens (including phenoxy) is 1. The molecule has 128 valence electrons. The molecular weight excluding hydrogens is 320 g/mol. The number of aliphatic hydroxyl groups is 1. The van der Waals surface area contributed by atoms with Gasteiger partial charge in [0.15, 0.2) is 5.78 Å². The molecule has 0 fully saturated rings. The fourth-order valence-electron chi connectivity index (χ4n) is 2.51. The second-order valence-corrected chi connectivity index (χ2v) is 5.77. The van der Waals surface area contributed by atoms with Crippen molar-refractivity contribution in [3.63, 3.8) is 0 Å². The number of nitrogens with zero attached hydrogens (tertiary/aromatic N) is 2. The largest absolute Gasteiger partial charge is 0.491 e. The minimum Gasteiger partial charge on any atom is -0.491 e. The second kappa shape index (κ2) is 7.27. The number of carbonyl (C=O) groups is 1. The summed E-state index contributed by atoms with van der Waals surface area (Å²) in [6.07, 6.45) is 0.534. The molecule has 1 N–H and O–H groups in total. The Bertz CT molecular complexity index is 965. The molecule has 0 bridgehead atoms. The molecule has 0 radical (unpaired) electrons. The molecule has 3 aromatic rings. The molecule has 0 aliphatic heterocycles. The Morgan fingerprint density at radius 2 is 2.04 bits per heavy atom. The van der Waals surface area contributed by atoms with Crippen LogP contribution in [0.2, 0.25) is 0 Å². The van der Waals surface area contributed by atoms with Crippen LogP contribution in [0.5, 0.6) is 5.75 Å². The summed E-state index contributed by atoms with van der Waals surface area (Å²) in [6, 6.07) is 13.8. The molecule has 0 aliphatic rings. The monoisotopic (exact) mass is 338 g/mol. The van der Waals surface area contributed by atoms with E-state index in [-0.39, 0.29) is 24.5 Å². The van der Waals surface area contributed by atoms with E-state index in [0.717, 1.165) is 0 Å². The Kier molecular flexibility index (Phi) is 4.90. The molecule has 1 atom stereocenters. The molecule has 25 heavy (non-hydrogen) atoms. The molecule has 0 saturated carbocycles. The first-order valence-corrected chi connectivity index (χ1v) is 7.90. The van der Waals surface area contributed by atoms with Gasteiger partial charge in [-0.05, 0) is 31.2 Å². The highest BCUT2D eigenvalue weighted by molar-refractivity contribution is 5.94. The number of para-hydroxylation sites is 1. The lowest BCUT2D eigenvalue weighted by molar-refractivity contribution is 0.0913. The van der Waals surface area contributed by atoms with Gasteiger partial charge < -0.3 is 9.84 Å². The van der Waals surface area contributed by atoms with Gasteiger partial charge in [0.1, 0.15) is 18.5 Å². The van der Waals surface area contributed by atoms with Crippen molar-refractivity contribution in [1.82, 2.24) is 9.55 Å². The Morgan fingerprint density at radius 3 is 2.84 bits per heavy atom. The van der Waals surface area contributed by atoms with Gasteiger partial charge in [-0.25, -0.2) is 4.98 Å². The Hall–Kier alpha value is -2.99. The molecule has 1 aromatic heterocycles. The molecule has 1 heterocycles. The number of hydrogen-bond donors (Lipinski definition) is 1. The van der Waals surface area contributed by atoms with Gasteiger partial charge in [-0.3, -0.25) is 14.2 Å². The number of benzene rings is 2. The summed E-state index contributed by atoms with van der Waals surface area (Å²) in [4.78, 5) is 28.0. The zero-order valence-electron chi connectivity index (χ0n) is 13.8. The molecule has 0 amide bonds. The molecule has 2 aromatic carbocycles. The minimum atomic E-state index is -0.887. The zero-order valence-corrected chi connectivity index (χ0v) is 13.8. The number of Topliss-reactive ketones (excluding diaryl/α,β-unsaturated/α-hetero) is 1. The molecule has 0 spiro atoms. The van der Waals surface area contributed by atoms with Crippen LogP contribution in [0.25, 0.3) is 10.9 Å². The predicted molar refractivity (Wildman–Crippen MR) is 94.0 cm³/mol. The predicted octanol–water partition coefficient (Wildman–Crippen LogP) is 2.04. The third-order valence-corrected chi connectivity index (χ3v) is 3.82. The maximum atomic E-state index is 12.4. The van der Waals surface area contributed by atoms with Crippen LogP contribution in [-0.2, 0) is 6.54 Å². The van der Waals surface area contributed by atoms with Crippen molar-refractivity contribution >= 4 is 16.7 Å². The van der Waals surface area contributed by atoms with E-state index in [4.69, 9.17) is 4.74 Å². The van der Waals surface area contributed by atoms with Crippen LogP contribution in [0.15, 0.2) is 59.7 Å². The fourth-order valence-corrected chi connectivity index (χ4v) is 2.51. The number of carbonyl (C=O) groups excluding carboxylic acids is 1. The van der Waals surface area contributed by atoms with Gasteiger partial charge in [0, 0.05) is 5.56 Å². The smallest absolute Gasteiger partial charge is 0.261 e. The molecule has 3 rings (SSSR count). The summed E-state index contributed by atoms with van der Waals surface area (Å²) in [7, 11) is 0. The Balaban J connectivity index is 1.68. The summed E-state index contributed by atoms with van der Waals surface area (Å²) in [5.74, 6) is 0.440. The zero-order chi connectivity index (χ0) is 17.8. The fraction of sp³-hybridized carbons (Fsp3) is 0.211. The van der Waals surface area contributed by atoms with Crippen molar-refractivity contribution < 1.29 is 14.6 Å². The molecule has 0 saturated heterocycles. The number of aliphatic hydroxyl groups excluding tert-OH is 1. The molecule has 6 nitrogen and oxygen atoms in total. The highest BCUT2D eigenvalue weighted by atomic mass is 16.5. The van der Waals surface area contributed by atoms with Crippen molar-refractivity contribution in [2.45, 2.75) is 19.6 Å². The highest BCUT2D eigenvalue weighted by Gasteiger charge is 2.10. The summed E-state index contributed by atoms with van der Waals surface area (Å²) in [5.41, 5.74) is 0.959.